The second-order valence-corrected chi connectivity index (χ2v) is 11.3. The van der Waals surface area contributed by atoms with E-state index in [1.807, 2.05) is 37.5 Å². The van der Waals surface area contributed by atoms with Gasteiger partial charge >= 0.3 is 0 Å². The second-order valence-electron chi connectivity index (χ2n) is 11.3. The molecule has 7 heteroatoms. The summed E-state index contributed by atoms with van der Waals surface area (Å²) in [7, 11) is 0. The zero-order valence-electron chi connectivity index (χ0n) is 22.5. The highest BCUT2D eigenvalue weighted by Gasteiger charge is 2.34. The van der Waals surface area contributed by atoms with Crippen molar-refractivity contribution in [3.8, 4) is 22.4 Å². The summed E-state index contributed by atoms with van der Waals surface area (Å²) < 4.78 is 2.17. The Kier molecular flexibility index (Phi) is 7.00. The maximum Gasteiger partial charge on any atom is 0.224 e. The Morgan fingerprint density at radius 3 is 2.41 bits per heavy atom. The first kappa shape index (κ1) is 25.4. The van der Waals surface area contributed by atoms with Crippen molar-refractivity contribution < 1.29 is 4.79 Å². The normalized spacial score (nSPS) is 20.3. The van der Waals surface area contributed by atoms with Crippen LogP contribution in [0.15, 0.2) is 73.2 Å². The lowest BCUT2D eigenvalue weighted by molar-refractivity contribution is -0.117. The number of hydrogen-bond acceptors (Lipinski definition) is 5. The third-order valence-electron chi connectivity index (χ3n) is 8.67. The number of amides is 1. The highest BCUT2D eigenvalue weighted by Crippen LogP contribution is 2.40. The number of aryl methyl sites for hydroxylation is 1. The minimum Gasteiger partial charge on any atom is -0.325 e. The molecule has 0 bridgehead atoms. The molecule has 2 saturated carbocycles. The highest BCUT2D eigenvalue weighted by atomic mass is 16.1. The van der Waals surface area contributed by atoms with Gasteiger partial charge in [0.25, 0.3) is 0 Å². The zero-order chi connectivity index (χ0) is 26.8. The maximum atomic E-state index is 13.0. The summed E-state index contributed by atoms with van der Waals surface area (Å²) in [4.78, 5) is 17.9. The largest absolute Gasteiger partial charge is 0.325 e. The van der Waals surface area contributed by atoms with Crippen LogP contribution in [0, 0.1) is 12.8 Å². The van der Waals surface area contributed by atoms with Gasteiger partial charge < -0.3 is 15.6 Å². The van der Waals surface area contributed by atoms with Gasteiger partial charge in [0, 0.05) is 29.1 Å². The molecule has 2 aliphatic rings. The molecule has 6 rings (SSSR count). The molecule has 1 amide bonds. The Bertz CT molecular complexity index is 1430. The third-order valence-corrected chi connectivity index (χ3v) is 8.67. The molecule has 3 N–H and O–H groups in total. The molecule has 0 atom stereocenters. The molecule has 0 spiro atoms. The van der Waals surface area contributed by atoms with Gasteiger partial charge in [-0.05, 0) is 75.0 Å². The molecule has 0 aliphatic heterocycles. The fourth-order valence-corrected chi connectivity index (χ4v) is 6.17. The van der Waals surface area contributed by atoms with E-state index in [2.05, 4.69) is 56.5 Å². The number of carbonyl (C=O) groups is 1. The van der Waals surface area contributed by atoms with E-state index in [-0.39, 0.29) is 11.4 Å². The first-order valence-corrected chi connectivity index (χ1v) is 14.1. The van der Waals surface area contributed by atoms with Gasteiger partial charge in [0.05, 0.1) is 17.6 Å². The average Bonchev–Trinajstić information content (AvgIpc) is 3.38. The van der Waals surface area contributed by atoms with Crippen LogP contribution in [0.25, 0.3) is 22.4 Å². The van der Waals surface area contributed by atoms with Crippen molar-refractivity contribution in [2.24, 2.45) is 11.7 Å². The van der Waals surface area contributed by atoms with Crippen molar-refractivity contribution in [1.82, 2.24) is 19.7 Å². The average molecular weight is 521 g/mol. The van der Waals surface area contributed by atoms with E-state index in [1.54, 1.807) is 6.20 Å². The van der Waals surface area contributed by atoms with Gasteiger partial charge in [-0.3, -0.25) is 9.78 Å². The molecule has 0 unspecified atom stereocenters. The second kappa shape index (κ2) is 10.7. The molecule has 2 aliphatic carbocycles. The van der Waals surface area contributed by atoms with Crippen molar-refractivity contribution in [1.29, 1.82) is 0 Å². The smallest absolute Gasteiger partial charge is 0.224 e. The lowest BCUT2D eigenvalue weighted by Gasteiger charge is -2.38. The summed E-state index contributed by atoms with van der Waals surface area (Å²) in [6, 6.07) is 21.2. The monoisotopic (exact) mass is 520 g/mol. The lowest BCUT2D eigenvalue weighted by atomic mass is 9.72. The van der Waals surface area contributed by atoms with Crippen LogP contribution in [0.3, 0.4) is 0 Å². The number of nitrogens with zero attached hydrogens (tertiary/aromatic N) is 4. The predicted molar refractivity (Wildman–Crippen MR) is 154 cm³/mol. The van der Waals surface area contributed by atoms with E-state index in [4.69, 9.17) is 10.7 Å². The molecular formula is C32H36N6O. The summed E-state index contributed by atoms with van der Waals surface area (Å²) in [5.74, 6) is 1.39. The number of nitrogens with one attached hydrogen (secondary N) is 1. The third kappa shape index (κ3) is 5.36. The van der Waals surface area contributed by atoms with E-state index >= 15 is 0 Å². The predicted octanol–water partition coefficient (Wildman–Crippen LogP) is 6.41. The number of anilines is 1. The topological polar surface area (TPSA) is 98.7 Å². The van der Waals surface area contributed by atoms with E-state index in [0.29, 0.717) is 18.4 Å². The van der Waals surface area contributed by atoms with E-state index in [1.165, 1.54) is 12.0 Å². The van der Waals surface area contributed by atoms with Gasteiger partial charge in [-0.15, -0.1) is 10.2 Å². The van der Waals surface area contributed by atoms with Crippen LogP contribution in [0.4, 0.5) is 5.69 Å². The van der Waals surface area contributed by atoms with Gasteiger partial charge in [-0.2, -0.15) is 0 Å². The molecule has 2 fully saturated rings. The van der Waals surface area contributed by atoms with Crippen molar-refractivity contribution in [2.75, 3.05) is 5.32 Å². The quantitative estimate of drug-likeness (QED) is 0.293. The summed E-state index contributed by atoms with van der Waals surface area (Å²) >= 11 is 0. The molecule has 2 aromatic heterocycles. The maximum absolute atomic E-state index is 13.0. The van der Waals surface area contributed by atoms with Crippen molar-refractivity contribution >= 4 is 11.6 Å². The molecule has 2 heterocycles. The van der Waals surface area contributed by atoms with Gasteiger partial charge in [0.15, 0.2) is 0 Å². The molecule has 200 valence electrons. The van der Waals surface area contributed by atoms with Gasteiger partial charge in [0.2, 0.25) is 5.91 Å². The Morgan fingerprint density at radius 2 is 1.77 bits per heavy atom. The number of aromatic nitrogens is 4. The zero-order valence-corrected chi connectivity index (χ0v) is 22.5. The number of carbonyl (C=O) groups excluding carboxylic acids is 1. The standard InChI is InChI=1S/C32H36N6O/c1-22-37-35-21-38(22)28-14-8-23(9-15-28)18-30(39)36-27-19-29(24-6-3-2-4-7-24)31(34-20-27)25-10-12-26(13-11-25)32(33)16-5-17-32/h2-4,6-7,10-13,19-21,23,28H,5,8-9,14-18,33H2,1H3,(H,36,39)/t23-,28-. The van der Waals surface area contributed by atoms with Crippen molar-refractivity contribution in [3.63, 3.8) is 0 Å². The van der Waals surface area contributed by atoms with Crippen LogP contribution in [-0.4, -0.2) is 25.7 Å². The minimum atomic E-state index is -0.183. The lowest BCUT2D eigenvalue weighted by Crippen LogP contribution is -2.43. The molecule has 0 saturated heterocycles. The Labute approximate surface area is 229 Å². The fraction of sp³-hybridized carbons (Fsp3) is 0.375. The van der Waals surface area contributed by atoms with Crippen molar-refractivity contribution in [3.05, 3.63) is 84.6 Å². The Hall–Kier alpha value is -3.84. The molecule has 4 aromatic rings. The SMILES string of the molecule is Cc1nncn1[C@H]1CC[C@H](CC(=O)Nc2cnc(-c3ccc(C4(N)CCC4)cc3)c(-c3ccccc3)c2)CC1. The van der Waals surface area contributed by atoms with Crippen LogP contribution in [0.2, 0.25) is 0 Å². The van der Waals surface area contributed by atoms with Gasteiger partial charge in [-0.25, -0.2) is 0 Å². The Morgan fingerprint density at radius 1 is 1.03 bits per heavy atom. The van der Waals surface area contributed by atoms with Crippen LogP contribution in [0.1, 0.15) is 68.8 Å². The van der Waals surface area contributed by atoms with Gasteiger partial charge in [0.1, 0.15) is 12.2 Å². The summed E-state index contributed by atoms with van der Waals surface area (Å²) in [6.07, 6.45) is 11.6. The van der Waals surface area contributed by atoms with Crippen LogP contribution >= 0.6 is 0 Å². The van der Waals surface area contributed by atoms with Gasteiger partial charge in [-0.1, -0.05) is 54.6 Å². The first-order valence-electron chi connectivity index (χ1n) is 14.1. The number of hydrogen-bond donors (Lipinski definition) is 2. The van der Waals surface area contributed by atoms with Crippen LogP contribution < -0.4 is 11.1 Å². The number of pyridine rings is 1. The summed E-state index contributed by atoms with van der Waals surface area (Å²) in [5, 5.41) is 11.3. The Balaban J connectivity index is 1.16. The van der Waals surface area contributed by atoms with E-state index in [9.17, 15) is 4.79 Å². The fourth-order valence-electron chi connectivity index (χ4n) is 6.17. The van der Waals surface area contributed by atoms with Crippen LogP contribution in [0.5, 0.6) is 0 Å². The molecule has 0 radical (unpaired) electrons. The molecule has 7 nitrogen and oxygen atoms in total. The van der Waals surface area contributed by atoms with Crippen molar-refractivity contribution in [2.45, 2.75) is 69.9 Å². The minimum absolute atomic E-state index is 0.0468. The van der Waals surface area contributed by atoms with Crippen LogP contribution in [-0.2, 0) is 10.3 Å². The summed E-state index contributed by atoms with van der Waals surface area (Å²) in [5.41, 5.74) is 12.3. The highest BCUT2D eigenvalue weighted by molar-refractivity contribution is 5.93. The number of benzene rings is 2. The molecule has 2 aromatic carbocycles. The molecular weight excluding hydrogens is 484 g/mol. The number of rotatable bonds is 7. The van der Waals surface area contributed by atoms with E-state index < -0.39 is 0 Å². The number of nitrogens with two attached hydrogens (primary N) is 1. The first-order chi connectivity index (χ1) is 19.0. The molecule has 39 heavy (non-hydrogen) atoms. The summed E-state index contributed by atoms with van der Waals surface area (Å²) in [6.45, 7) is 2.00. The van der Waals surface area contributed by atoms with E-state index in [0.717, 1.165) is 72.4 Å².